The minimum atomic E-state index is -1.57. The molecule has 6 heterocycles. The van der Waals surface area contributed by atoms with E-state index in [0.29, 0.717) is 52.0 Å². The Kier molecular flexibility index (Phi) is 25.2. The first-order valence-electron chi connectivity index (χ1n) is 21.0. The number of benzene rings is 3. The number of anilines is 2. The molecular formula is C42H47F2Li2N11O9P2S2. The van der Waals surface area contributed by atoms with Gasteiger partial charge < -0.3 is 31.4 Å². The third-order valence-electron chi connectivity index (χ3n) is 10.2. The first-order valence-corrected chi connectivity index (χ1v) is 22.5. The van der Waals surface area contributed by atoms with Crippen molar-refractivity contribution in [2.75, 3.05) is 10.6 Å². The van der Waals surface area contributed by atoms with Gasteiger partial charge in [0.25, 0.3) is 11.8 Å². The number of carbonyl (C=O) groups excluding carboxylic acids is 2. The molecule has 0 spiro atoms. The number of ether oxygens (including phenoxy) is 2. The summed E-state index contributed by atoms with van der Waals surface area (Å²) in [5.74, 6) is 0.0227. The van der Waals surface area contributed by atoms with Crippen molar-refractivity contribution < 1.29 is 51.1 Å². The molecule has 0 saturated carbocycles. The van der Waals surface area contributed by atoms with Gasteiger partial charge in [-0.1, -0.05) is 68.4 Å². The van der Waals surface area contributed by atoms with E-state index >= 15 is 0 Å². The zero-order chi connectivity index (χ0) is 47.9. The van der Waals surface area contributed by atoms with Crippen LogP contribution in [0.15, 0.2) is 116 Å². The van der Waals surface area contributed by atoms with Crippen molar-refractivity contribution in [3.8, 4) is 5.75 Å². The topological polar surface area (TPSA) is 272 Å². The van der Waals surface area contributed by atoms with Crippen LogP contribution in [0.1, 0.15) is 59.9 Å². The number of nitrogens with zero attached hydrogens (tertiary/aromatic N) is 8. The molecule has 28 heteroatoms. The second-order valence-electron chi connectivity index (χ2n) is 14.2. The van der Waals surface area contributed by atoms with E-state index in [1.165, 1.54) is 34.4 Å². The minimum absolute atomic E-state index is 0. The van der Waals surface area contributed by atoms with Crippen LogP contribution in [-0.4, -0.2) is 124 Å². The van der Waals surface area contributed by atoms with Gasteiger partial charge in [-0.3, -0.25) is 27.8 Å². The number of aromatic nitrogens is 8. The number of para-hydroxylation sites is 1. The quantitative estimate of drug-likeness (QED) is 0.0676. The number of nitrogens with one attached hydrogen (secondary N) is 2. The van der Waals surface area contributed by atoms with E-state index in [2.05, 4.69) is 40.5 Å². The summed E-state index contributed by atoms with van der Waals surface area (Å²) in [6.07, 6.45) is -2.09. The summed E-state index contributed by atoms with van der Waals surface area (Å²) in [6.45, 7) is 3.65. The maximum atomic E-state index is 14.9. The van der Waals surface area contributed by atoms with Crippen molar-refractivity contribution in [2.24, 2.45) is 0 Å². The predicted molar refractivity (Wildman–Crippen MR) is 268 cm³/mol. The molecule has 9 rings (SSSR count). The van der Waals surface area contributed by atoms with Gasteiger partial charge in [0.1, 0.15) is 30.6 Å². The van der Waals surface area contributed by atoms with E-state index in [9.17, 15) is 27.5 Å². The Bertz CT molecular complexity index is 2570. The van der Waals surface area contributed by atoms with Crippen LogP contribution in [-0.2, 0) is 27.7 Å². The second kappa shape index (κ2) is 29.6. The van der Waals surface area contributed by atoms with Crippen molar-refractivity contribution in [3.63, 3.8) is 0 Å². The third-order valence-corrected chi connectivity index (χ3v) is 10.9. The van der Waals surface area contributed by atoms with E-state index in [4.69, 9.17) is 23.6 Å². The van der Waals surface area contributed by atoms with E-state index in [0.717, 1.165) is 0 Å². The number of rotatable bonds is 12. The molecule has 8 atom stereocenters. The molecule has 0 unspecified atom stereocenters. The summed E-state index contributed by atoms with van der Waals surface area (Å²) >= 11 is 4.00. The first-order chi connectivity index (χ1) is 32.7. The molecule has 2 aliphatic heterocycles. The molecule has 2 aliphatic rings. The van der Waals surface area contributed by atoms with E-state index < -0.39 is 66.6 Å². The summed E-state index contributed by atoms with van der Waals surface area (Å²) in [5.41, 5.74) is 2.12. The average Bonchev–Trinajstić information content (AvgIpc) is 4.15. The molecule has 3 aromatic carbocycles. The van der Waals surface area contributed by atoms with Crippen LogP contribution in [0, 0.1) is 0 Å². The fourth-order valence-electron chi connectivity index (χ4n) is 7.07. The summed E-state index contributed by atoms with van der Waals surface area (Å²) in [6, 6.07) is 26.0. The molecule has 0 bridgehead atoms. The van der Waals surface area contributed by atoms with E-state index in [-0.39, 0.29) is 56.6 Å². The van der Waals surface area contributed by atoms with Crippen LogP contribution in [0.5, 0.6) is 5.75 Å². The van der Waals surface area contributed by atoms with Crippen LogP contribution in [0.2, 0.25) is 0 Å². The van der Waals surface area contributed by atoms with Gasteiger partial charge in [-0.15, -0.1) is 0 Å². The van der Waals surface area contributed by atoms with Crippen molar-refractivity contribution in [1.82, 2.24) is 45.2 Å². The molecule has 0 radical (unpaired) electrons. The van der Waals surface area contributed by atoms with E-state index in [1.807, 2.05) is 62.8 Å². The Labute approximate surface area is 434 Å². The van der Waals surface area contributed by atoms with Gasteiger partial charge in [-0.05, 0) is 49.2 Å². The fourth-order valence-corrected chi connectivity index (χ4v) is 7.77. The van der Waals surface area contributed by atoms with Gasteiger partial charge in [0.2, 0.25) is 0 Å². The number of halogens is 2. The van der Waals surface area contributed by atoms with Crippen LogP contribution in [0.3, 0.4) is 0 Å². The Balaban J connectivity index is 0.000000304. The number of amides is 2. The Morgan fingerprint density at radius 3 is 1.31 bits per heavy atom. The van der Waals surface area contributed by atoms with Crippen LogP contribution in [0.25, 0.3) is 22.3 Å². The molecule has 6 N–H and O–H groups in total. The first kappa shape index (κ1) is 59.6. The third kappa shape index (κ3) is 14.2. The number of phenolic OH excluding ortho intramolecular Hbond substituents is 1. The van der Waals surface area contributed by atoms with Crippen LogP contribution in [0.4, 0.5) is 20.4 Å². The van der Waals surface area contributed by atoms with Crippen molar-refractivity contribution in [3.05, 3.63) is 127 Å². The predicted octanol–water partition coefficient (Wildman–Crippen LogP) is 7.65. The number of phenols is 1. The number of aromatic hydroxyl groups is 1. The Morgan fingerprint density at radius 2 is 1.00 bits per heavy atom. The van der Waals surface area contributed by atoms with Gasteiger partial charge in [0.15, 0.2) is 58.8 Å². The summed E-state index contributed by atoms with van der Waals surface area (Å²) in [5, 5.41) is 14.0. The molecule has 7 aromatic rings. The van der Waals surface area contributed by atoms with Gasteiger partial charge in [-0.2, -0.15) is 27.0 Å². The number of imidazole rings is 2. The monoisotopic (exact) mass is 1030 g/mol. The SMILES string of the molecule is CC[C@H]1O[C@@H](n2cnc3c(NC(=O)c4ccccc4)ncnc32)[C@@H](F)[C@@H]1OP=O.CC[C@H]1O[C@@H](n2cnc3c(NC(=O)c4ccccc4)ncnc32)[C@@H](F)[C@@H]1OP=O.N.Oc1ccccc1.S.S.[Li][Li]. The van der Waals surface area contributed by atoms with E-state index in [1.54, 1.807) is 72.8 Å². The van der Waals surface area contributed by atoms with Gasteiger partial charge in [0.05, 0.1) is 24.9 Å². The second-order valence-corrected chi connectivity index (χ2v) is 14.9. The van der Waals surface area contributed by atoms with Crippen molar-refractivity contribution >= 4 is 121 Å². The molecule has 4 aromatic heterocycles. The average molecular weight is 1030 g/mol. The molecule has 2 saturated heterocycles. The molecule has 2 fully saturated rings. The van der Waals surface area contributed by atoms with Crippen molar-refractivity contribution in [1.29, 1.82) is 0 Å². The summed E-state index contributed by atoms with van der Waals surface area (Å²) in [7, 11) is -1.22. The number of hydrogen-bond donors (Lipinski definition) is 4. The molecular weight excluding hydrogens is 980 g/mol. The number of carbonyl (C=O) groups is 2. The Morgan fingerprint density at radius 1 is 0.643 bits per heavy atom. The molecule has 2 amide bonds. The molecule has 0 aliphatic carbocycles. The van der Waals surface area contributed by atoms with Crippen LogP contribution >= 0.6 is 44.4 Å². The van der Waals surface area contributed by atoms with Crippen LogP contribution < -0.4 is 16.8 Å². The Hall–Kier alpha value is -4.75. The summed E-state index contributed by atoms with van der Waals surface area (Å²) in [4.78, 5) is 49.9. The standard InChI is InChI=1S/2C18H17FN5O4P.C6H6O.2Li.H3N.2H2S/c2*1-2-11-14(28-29-26)12(19)18(27-11)24-9-22-13-15(20-8-21-16(13)24)23-17(25)10-6-4-3-5-7-10;7-6-4-2-1-3-5-6;;;;;/h2*3-9,11-12,14,18H,2H2,1H3,(H,20,21,23,25);1-5,7H;;;1H3;2*1H2/t2*11-,12+,14-,18-;;;;;;/m11....../s1. The summed E-state index contributed by atoms with van der Waals surface area (Å²) < 4.78 is 75.8. The number of alkyl halides is 2. The van der Waals surface area contributed by atoms with Gasteiger partial charge in [-0.25, -0.2) is 47.8 Å². The normalized spacial score (nSPS) is 21.0. The number of fused-ring (bicyclic) bond motifs is 2. The van der Waals surface area contributed by atoms with Gasteiger partial charge >= 0.3 is 48.2 Å². The zero-order valence-electron chi connectivity index (χ0n) is 38.2. The molecule has 20 nitrogen and oxygen atoms in total. The maximum absolute atomic E-state index is 14.9. The fraction of sp³-hybridized carbons (Fsp3) is 0.286. The molecule has 70 heavy (non-hydrogen) atoms. The number of hydrogen-bond acceptors (Lipinski definition) is 16. The molecule has 362 valence electrons. The zero-order valence-corrected chi connectivity index (χ0v) is 41.9. The van der Waals surface area contributed by atoms with Crippen molar-refractivity contribution in [2.45, 2.75) is 75.9 Å². The van der Waals surface area contributed by atoms with Gasteiger partial charge in [0, 0.05) is 11.1 Å².